The van der Waals surface area contributed by atoms with Gasteiger partial charge < -0.3 is 23.8 Å². The first-order valence-electron chi connectivity index (χ1n) is 10.2. The van der Waals surface area contributed by atoms with Crippen LogP contribution in [0.15, 0.2) is 23.2 Å². The number of thiazole rings is 1. The van der Waals surface area contributed by atoms with Crippen molar-refractivity contribution in [1.82, 2.24) is 14.4 Å². The van der Waals surface area contributed by atoms with Crippen LogP contribution in [0.5, 0.6) is 5.75 Å². The van der Waals surface area contributed by atoms with E-state index in [2.05, 4.69) is 4.99 Å². The van der Waals surface area contributed by atoms with Crippen LogP contribution in [0.1, 0.15) is 6.92 Å². The molecule has 0 saturated carbocycles. The Morgan fingerprint density at radius 3 is 2.39 bits per heavy atom. The topological polar surface area (TPSA) is 128 Å². The molecule has 0 N–H and O–H groups in total. The van der Waals surface area contributed by atoms with Gasteiger partial charge in [-0.25, -0.2) is 13.2 Å². The van der Waals surface area contributed by atoms with E-state index in [0.29, 0.717) is 10.6 Å². The van der Waals surface area contributed by atoms with Gasteiger partial charge in [-0.05, 0) is 25.1 Å². The van der Waals surface area contributed by atoms with Gasteiger partial charge in [0.15, 0.2) is 14.6 Å². The maximum atomic E-state index is 12.4. The number of nitrogens with zero attached hydrogens (tertiary/aromatic N) is 4. The summed E-state index contributed by atoms with van der Waals surface area (Å²) in [6.07, 6.45) is -0.461. The Balaban J connectivity index is 1.62. The average molecular weight is 499 g/mol. The van der Waals surface area contributed by atoms with Crippen LogP contribution >= 0.6 is 11.3 Å². The Bertz CT molecular complexity index is 1220. The molecule has 3 amide bonds. The second-order valence-electron chi connectivity index (χ2n) is 7.38. The van der Waals surface area contributed by atoms with Gasteiger partial charge in [-0.3, -0.25) is 9.59 Å². The quantitative estimate of drug-likeness (QED) is 0.564. The number of fused-ring (bicyclic) bond motifs is 1. The molecule has 11 nitrogen and oxygen atoms in total. The molecule has 33 heavy (non-hydrogen) atoms. The number of methoxy groups -OCH3 is 1. The predicted octanol–water partition coefficient (Wildman–Crippen LogP) is 0.391. The van der Waals surface area contributed by atoms with Crippen molar-refractivity contribution in [2.75, 3.05) is 51.4 Å². The molecule has 0 spiro atoms. The van der Waals surface area contributed by atoms with E-state index in [0.717, 1.165) is 10.2 Å². The largest absolute Gasteiger partial charge is 0.497 e. The second-order valence-corrected chi connectivity index (χ2v) is 10.5. The smallest absolute Gasteiger partial charge is 0.409 e. The van der Waals surface area contributed by atoms with Gasteiger partial charge in [0.1, 0.15) is 17.3 Å². The highest BCUT2D eigenvalue weighted by Crippen LogP contribution is 2.22. The zero-order valence-electron chi connectivity index (χ0n) is 18.6. The van der Waals surface area contributed by atoms with Crippen molar-refractivity contribution in [3.05, 3.63) is 23.0 Å². The normalized spacial score (nSPS) is 15.1. The maximum Gasteiger partial charge on any atom is 0.409 e. The molecule has 1 aliphatic rings. The zero-order chi connectivity index (χ0) is 24.2. The minimum atomic E-state index is -4.01. The zero-order valence-corrected chi connectivity index (χ0v) is 20.3. The summed E-state index contributed by atoms with van der Waals surface area (Å²) < 4.78 is 37.5. The summed E-state index contributed by atoms with van der Waals surface area (Å²) in [5.74, 6) is -2.44. The molecular formula is C20H26N4O7S2. The van der Waals surface area contributed by atoms with Crippen molar-refractivity contribution in [2.45, 2.75) is 6.92 Å². The van der Waals surface area contributed by atoms with E-state index in [1.54, 1.807) is 37.8 Å². The molecule has 0 bridgehead atoms. The van der Waals surface area contributed by atoms with Gasteiger partial charge in [0.05, 0.1) is 23.9 Å². The fourth-order valence-corrected chi connectivity index (χ4v) is 5.52. The highest BCUT2D eigenvalue weighted by Gasteiger charge is 2.28. The molecule has 13 heteroatoms. The van der Waals surface area contributed by atoms with Crippen molar-refractivity contribution >= 4 is 49.3 Å². The first-order chi connectivity index (χ1) is 15.6. The van der Waals surface area contributed by atoms with Gasteiger partial charge in [-0.1, -0.05) is 11.3 Å². The number of piperazine rings is 1. The maximum absolute atomic E-state index is 12.4. The molecule has 1 saturated heterocycles. The molecule has 1 aromatic heterocycles. The van der Waals surface area contributed by atoms with Crippen molar-refractivity contribution in [3.8, 4) is 5.75 Å². The van der Waals surface area contributed by atoms with Gasteiger partial charge in [-0.2, -0.15) is 4.99 Å². The van der Waals surface area contributed by atoms with E-state index >= 15 is 0 Å². The minimum absolute atomic E-state index is 0.201. The molecule has 0 radical (unpaired) electrons. The number of benzene rings is 1. The van der Waals surface area contributed by atoms with E-state index in [9.17, 15) is 22.8 Å². The molecule has 0 atom stereocenters. The van der Waals surface area contributed by atoms with Crippen molar-refractivity contribution in [1.29, 1.82) is 0 Å². The Kier molecular flexibility index (Phi) is 7.74. The Labute approximate surface area is 195 Å². The third kappa shape index (κ3) is 6.11. The fraction of sp³-hybridized carbons (Fsp3) is 0.500. The summed E-state index contributed by atoms with van der Waals surface area (Å²) in [5.41, 5.74) is 0.826. The van der Waals surface area contributed by atoms with Crippen LogP contribution in [0.3, 0.4) is 0 Å². The van der Waals surface area contributed by atoms with E-state index in [1.807, 2.05) is 6.07 Å². The molecule has 1 aromatic carbocycles. The lowest BCUT2D eigenvalue weighted by Gasteiger charge is -2.34. The molecule has 0 unspecified atom stereocenters. The summed E-state index contributed by atoms with van der Waals surface area (Å²) in [7, 11) is -0.727. The van der Waals surface area contributed by atoms with E-state index in [4.69, 9.17) is 9.47 Å². The first-order valence-corrected chi connectivity index (χ1v) is 12.9. The Morgan fingerprint density at radius 2 is 1.76 bits per heavy atom. The monoisotopic (exact) mass is 498 g/mol. The molecule has 2 aromatic rings. The highest BCUT2D eigenvalue weighted by atomic mass is 32.2. The molecule has 2 heterocycles. The summed E-state index contributed by atoms with van der Waals surface area (Å²) in [6.45, 7) is 2.87. The lowest BCUT2D eigenvalue weighted by Crippen LogP contribution is -2.52. The molecule has 1 aliphatic heterocycles. The van der Waals surface area contributed by atoms with Crippen LogP contribution in [0.4, 0.5) is 4.79 Å². The number of aryl methyl sites for hydroxylation is 1. The van der Waals surface area contributed by atoms with Crippen LogP contribution in [0.25, 0.3) is 10.2 Å². The van der Waals surface area contributed by atoms with E-state index < -0.39 is 39.3 Å². The van der Waals surface area contributed by atoms with Gasteiger partial charge in [-0.15, -0.1) is 0 Å². The third-order valence-corrected chi connectivity index (χ3v) is 7.55. The van der Waals surface area contributed by atoms with Crippen LogP contribution in [0, 0.1) is 0 Å². The second kappa shape index (κ2) is 10.3. The SMILES string of the molecule is CCOC(=O)N1CCN(C(=O)CS(=O)(=O)CC(=O)N=c2sc3cc(OC)ccc3n2C)CC1. The van der Waals surface area contributed by atoms with Gasteiger partial charge in [0.25, 0.3) is 5.91 Å². The van der Waals surface area contributed by atoms with Crippen LogP contribution in [0.2, 0.25) is 0 Å². The van der Waals surface area contributed by atoms with Crippen LogP contribution < -0.4 is 9.54 Å². The Hall–Kier alpha value is -2.93. The molecule has 180 valence electrons. The van der Waals surface area contributed by atoms with Crippen LogP contribution in [-0.4, -0.2) is 92.1 Å². The number of hydrogen-bond donors (Lipinski definition) is 0. The predicted molar refractivity (Wildman–Crippen MR) is 122 cm³/mol. The Morgan fingerprint density at radius 1 is 1.09 bits per heavy atom. The number of amides is 3. The van der Waals surface area contributed by atoms with Gasteiger partial charge in [0, 0.05) is 33.2 Å². The number of hydrogen-bond acceptors (Lipinski definition) is 8. The lowest BCUT2D eigenvalue weighted by atomic mass is 10.3. The van der Waals surface area contributed by atoms with Crippen molar-refractivity contribution in [3.63, 3.8) is 0 Å². The number of ether oxygens (including phenoxy) is 2. The standard InChI is InChI=1S/C20H26N4O7S2/c1-4-31-20(27)24-9-7-23(8-10-24)18(26)13-33(28,29)12-17(25)21-19-22(2)15-6-5-14(30-3)11-16(15)32-19/h5-6,11H,4,7-10,12-13H2,1-3H3. The summed E-state index contributed by atoms with van der Waals surface area (Å²) in [6, 6.07) is 5.41. The summed E-state index contributed by atoms with van der Waals surface area (Å²) >= 11 is 1.23. The van der Waals surface area contributed by atoms with E-state index in [-0.39, 0.29) is 32.8 Å². The number of carbonyl (C=O) groups is 3. The van der Waals surface area contributed by atoms with E-state index in [1.165, 1.54) is 21.1 Å². The lowest BCUT2D eigenvalue weighted by molar-refractivity contribution is -0.130. The number of rotatable bonds is 6. The molecular weight excluding hydrogens is 472 g/mol. The van der Waals surface area contributed by atoms with Crippen molar-refractivity contribution in [2.24, 2.45) is 12.0 Å². The number of sulfone groups is 1. The van der Waals surface area contributed by atoms with Gasteiger partial charge >= 0.3 is 6.09 Å². The first kappa shape index (κ1) is 24.7. The molecule has 3 rings (SSSR count). The fourth-order valence-electron chi connectivity index (χ4n) is 3.36. The number of aromatic nitrogens is 1. The summed E-state index contributed by atoms with van der Waals surface area (Å²) in [4.78, 5) is 43.7. The molecule has 1 fully saturated rings. The van der Waals surface area contributed by atoms with Gasteiger partial charge in [0.2, 0.25) is 5.91 Å². The third-order valence-electron chi connectivity index (χ3n) is 5.08. The minimum Gasteiger partial charge on any atom is -0.497 e. The highest BCUT2D eigenvalue weighted by molar-refractivity contribution is 7.92. The van der Waals surface area contributed by atoms with Crippen LogP contribution in [-0.2, 0) is 31.2 Å². The number of carbonyl (C=O) groups excluding carboxylic acids is 3. The average Bonchev–Trinajstić information content (AvgIpc) is 3.07. The summed E-state index contributed by atoms with van der Waals surface area (Å²) in [5, 5.41) is 0. The van der Waals surface area contributed by atoms with Crippen molar-refractivity contribution < 1.29 is 32.3 Å². The molecule has 0 aliphatic carbocycles.